The maximum Gasteiger partial charge on any atom is 0.348 e. The fourth-order valence-electron chi connectivity index (χ4n) is 2.59. The lowest BCUT2D eigenvalue weighted by Crippen LogP contribution is -2.13. The molecule has 9 heteroatoms. The number of aromatic nitrogens is 5. The van der Waals surface area contributed by atoms with Crippen LogP contribution in [0.4, 0.5) is 5.82 Å². The number of nitrogens with one attached hydrogen (secondary N) is 1. The number of fused-ring (bicyclic) bond motifs is 1. The number of rotatable bonds is 4. The molecular formula is C15H18N6O2S. The Morgan fingerprint density at radius 1 is 1.38 bits per heavy atom. The molecule has 0 aliphatic heterocycles. The molecule has 1 N–H and O–H groups in total. The van der Waals surface area contributed by atoms with E-state index in [4.69, 9.17) is 4.74 Å². The zero-order chi connectivity index (χ0) is 17.4. The predicted octanol–water partition coefficient (Wildman–Crippen LogP) is 2.40. The minimum Gasteiger partial charge on any atom is -0.465 e. The molecule has 3 rings (SSSR count). The number of thiophene rings is 1. The first-order valence-corrected chi connectivity index (χ1v) is 8.20. The van der Waals surface area contributed by atoms with Crippen molar-refractivity contribution in [3.63, 3.8) is 0 Å². The van der Waals surface area contributed by atoms with Crippen molar-refractivity contribution >= 4 is 33.3 Å². The van der Waals surface area contributed by atoms with Gasteiger partial charge in [-0.25, -0.2) is 14.8 Å². The van der Waals surface area contributed by atoms with Crippen LogP contribution in [0.25, 0.3) is 10.2 Å². The number of hydrogen-bond acceptors (Lipinski definition) is 8. The third kappa shape index (κ3) is 2.71. The summed E-state index contributed by atoms with van der Waals surface area (Å²) in [5, 5.41) is 12.2. The average Bonchev–Trinajstić information content (AvgIpc) is 3.10. The Morgan fingerprint density at radius 2 is 2.12 bits per heavy atom. The Hall–Kier alpha value is -2.55. The second-order valence-electron chi connectivity index (χ2n) is 5.51. The SMILES string of the molecule is COC(=O)c1sc2nc(C)nc(N[C@@H](C)c3nncn3C)c2c1C. The average molecular weight is 346 g/mol. The number of nitrogens with zero attached hydrogens (tertiary/aromatic N) is 5. The van der Waals surface area contributed by atoms with Gasteiger partial charge in [-0.3, -0.25) is 0 Å². The molecular weight excluding hydrogens is 328 g/mol. The monoisotopic (exact) mass is 346 g/mol. The van der Waals surface area contributed by atoms with Crippen molar-refractivity contribution < 1.29 is 9.53 Å². The molecule has 0 aliphatic rings. The molecule has 0 radical (unpaired) electrons. The maximum atomic E-state index is 12.0. The van der Waals surface area contributed by atoms with Crippen LogP contribution in [0.2, 0.25) is 0 Å². The van der Waals surface area contributed by atoms with Crippen LogP contribution in [-0.4, -0.2) is 37.8 Å². The van der Waals surface area contributed by atoms with Gasteiger partial charge in [0.25, 0.3) is 0 Å². The fourth-order valence-corrected chi connectivity index (χ4v) is 3.74. The summed E-state index contributed by atoms with van der Waals surface area (Å²) >= 11 is 1.31. The van der Waals surface area contributed by atoms with Gasteiger partial charge in [-0.2, -0.15) is 0 Å². The molecule has 0 fully saturated rings. The number of aryl methyl sites for hydroxylation is 3. The lowest BCUT2D eigenvalue weighted by atomic mass is 10.2. The summed E-state index contributed by atoms with van der Waals surface area (Å²) in [6.07, 6.45) is 1.65. The van der Waals surface area contributed by atoms with Crippen molar-refractivity contribution in [1.29, 1.82) is 0 Å². The van der Waals surface area contributed by atoms with Crippen LogP contribution in [0.3, 0.4) is 0 Å². The standard InChI is InChI=1S/C15H18N6O2S/c1-7-10-12(17-8(2)13-20-16-6-21(13)4)18-9(3)19-14(10)24-11(7)15(22)23-5/h6,8H,1-5H3,(H,17,18,19)/t8-/m0/s1. The van der Waals surface area contributed by atoms with Gasteiger partial charge < -0.3 is 14.6 Å². The summed E-state index contributed by atoms with van der Waals surface area (Å²) in [4.78, 5) is 22.2. The van der Waals surface area contributed by atoms with E-state index in [-0.39, 0.29) is 12.0 Å². The zero-order valence-corrected chi connectivity index (χ0v) is 14.9. The van der Waals surface area contributed by atoms with E-state index in [0.717, 1.165) is 21.6 Å². The van der Waals surface area contributed by atoms with Crippen molar-refractivity contribution in [2.45, 2.75) is 26.8 Å². The van der Waals surface area contributed by atoms with Crippen LogP contribution in [0.1, 0.15) is 39.8 Å². The first kappa shape index (κ1) is 16.3. The number of methoxy groups -OCH3 is 1. The van der Waals surface area contributed by atoms with Gasteiger partial charge >= 0.3 is 5.97 Å². The summed E-state index contributed by atoms with van der Waals surface area (Å²) in [6.45, 7) is 5.68. The Labute approximate surface area is 142 Å². The second kappa shape index (κ2) is 6.16. The molecule has 126 valence electrons. The maximum absolute atomic E-state index is 12.0. The zero-order valence-electron chi connectivity index (χ0n) is 14.1. The van der Waals surface area contributed by atoms with Crippen molar-refractivity contribution in [1.82, 2.24) is 24.7 Å². The van der Waals surface area contributed by atoms with E-state index in [9.17, 15) is 4.79 Å². The molecule has 0 bridgehead atoms. The molecule has 1 atom stereocenters. The number of hydrogen-bond donors (Lipinski definition) is 1. The van der Waals surface area contributed by atoms with Crippen molar-refractivity contribution in [3.8, 4) is 0 Å². The van der Waals surface area contributed by atoms with Gasteiger partial charge in [-0.15, -0.1) is 21.5 Å². The Kier molecular flexibility index (Phi) is 4.18. The Balaban J connectivity index is 2.08. The minimum atomic E-state index is -0.361. The van der Waals surface area contributed by atoms with Gasteiger partial charge in [0.2, 0.25) is 0 Å². The highest BCUT2D eigenvalue weighted by atomic mass is 32.1. The number of carbonyl (C=O) groups excluding carboxylic acids is 1. The summed E-state index contributed by atoms with van der Waals surface area (Å²) in [6, 6.07) is -0.101. The predicted molar refractivity (Wildman–Crippen MR) is 91.3 cm³/mol. The van der Waals surface area contributed by atoms with Gasteiger partial charge in [0.1, 0.15) is 27.7 Å². The summed E-state index contributed by atoms with van der Waals surface area (Å²) in [5.41, 5.74) is 0.814. The van der Waals surface area contributed by atoms with Crippen LogP contribution in [0, 0.1) is 13.8 Å². The Morgan fingerprint density at radius 3 is 2.75 bits per heavy atom. The lowest BCUT2D eigenvalue weighted by Gasteiger charge is -2.15. The summed E-state index contributed by atoms with van der Waals surface area (Å²) in [7, 11) is 3.26. The van der Waals surface area contributed by atoms with Gasteiger partial charge in [0.15, 0.2) is 5.82 Å². The molecule has 0 amide bonds. The number of carbonyl (C=O) groups is 1. The third-order valence-corrected chi connectivity index (χ3v) is 4.93. The summed E-state index contributed by atoms with van der Waals surface area (Å²) in [5.74, 6) is 1.74. The molecule has 0 aromatic carbocycles. The molecule has 3 heterocycles. The van der Waals surface area contributed by atoms with E-state index in [0.29, 0.717) is 16.5 Å². The molecule has 0 saturated heterocycles. The van der Waals surface area contributed by atoms with E-state index < -0.39 is 0 Å². The summed E-state index contributed by atoms with van der Waals surface area (Å²) < 4.78 is 6.70. The number of anilines is 1. The van der Waals surface area contributed by atoms with E-state index in [1.807, 2.05) is 32.4 Å². The number of esters is 1. The molecule has 3 aromatic heterocycles. The topological polar surface area (TPSA) is 94.8 Å². The van der Waals surface area contributed by atoms with E-state index in [1.165, 1.54) is 18.4 Å². The van der Waals surface area contributed by atoms with Crippen LogP contribution in [0.5, 0.6) is 0 Å². The van der Waals surface area contributed by atoms with Gasteiger partial charge in [0, 0.05) is 7.05 Å². The molecule has 0 aliphatic carbocycles. The van der Waals surface area contributed by atoms with Gasteiger partial charge in [0.05, 0.1) is 18.5 Å². The fraction of sp³-hybridized carbons (Fsp3) is 0.400. The smallest absolute Gasteiger partial charge is 0.348 e. The molecule has 8 nitrogen and oxygen atoms in total. The van der Waals surface area contributed by atoms with Crippen molar-refractivity contribution in [2.24, 2.45) is 7.05 Å². The van der Waals surface area contributed by atoms with E-state index in [2.05, 4.69) is 25.5 Å². The van der Waals surface area contributed by atoms with E-state index >= 15 is 0 Å². The van der Waals surface area contributed by atoms with Crippen molar-refractivity contribution in [3.05, 3.63) is 28.4 Å². The molecule has 3 aromatic rings. The van der Waals surface area contributed by atoms with Crippen LogP contribution in [0.15, 0.2) is 6.33 Å². The van der Waals surface area contributed by atoms with Gasteiger partial charge in [-0.1, -0.05) is 0 Å². The Bertz CT molecular complexity index is 916. The van der Waals surface area contributed by atoms with Gasteiger partial charge in [-0.05, 0) is 26.3 Å². The third-order valence-electron chi connectivity index (χ3n) is 3.76. The van der Waals surface area contributed by atoms with E-state index in [1.54, 1.807) is 6.33 Å². The highest BCUT2D eigenvalue weighted by Crippen LogP contribution is 2.35. The van der Waals surface area contributed by atoms with Crippen LogP contribution < -0.4 is 5.32 Å². The first-order valence-electron chi connectivity index (χ1n) is 7.38. The highest BCUT2D eigenvalue weighted by Gasteiger charge is 2.22. The lowest BCUT2D eigenvalue weighted by molar-refractivity contribution is 0.0605. The molecule has 0 unspecified atom stereocenters. The first-order chi connectivity index (χ1) is 11.4. The van der Waals surface area contributed by atoms with Crippen molar-refractivity contribution in [2.75, 3.05) is 12.4 Å². The van der Waals surface area contributed by atoms with Crippen LogP contribution >= 0.6 is 11.3 Å². The highest BCUT2D eigenvalue weighted by molar-refractivity contribution is 7.20. The van der Waals surface area contributed by atoms with Crippen LogP contribution in [-0.2, 0) is 11.8 Å². The molecule has 0 saturated carbocycles. The number of ether oxygens (including phenoxy) is 1. The molecule has 24 heavy (non-hydrogen) atoms. The minimum absolute atomic E-state index is 0.101. The molecule has 0 spiro atoms. The second-order valence-corrected chi connectivity index (χ2v) is 6.51. The normalized spacial score (nSPS) is 12.4. The largest absolute Gasteiger partial charge is 0.465 e. The quantitative estimate of drug-likeness (QED) is 0.725.